The maximum absolute atomic E-state index is 13.8. The fourth-order valence-corrected chi connectivity index (χ4v) is 2.27. The number of halogens is 2. The molecule has 0 aliphatic carbocycles. The van der Waals surface area contributed by atoms with Gasteiger partial charge < -0.3 is 5.32 Å². The number of pyridine rings is 1. The minimum Gasteiger partial charge on any atom is -0.345 e. The van der Waals surface area contributed by atoms with Crippen LogP contribution in [0.25, 0.3) is 5.82 Å². The van der Waals surface area contributed by atoms with Crippen LogP contribution in [0.4, 0.5) is 8.78 Å². The van der Waals surface area contributed by atoms with Gasteiger partial charge in [0.25, 0.3) is 5.91 Å². The number of nitrogens with zero attached hydrogens (tertiary/aromatic N) is 3. The van der Waals surface area contributed by atoms with Gasteiger partial charge in [-0.15, -0.1) is 0 Å². The zero-order valence-corrected chi connectivity index (χ0v) is 12.8. The van der Waals surface area contributed by atoms with Crippen molar-refractivity contribution < 1.29 is 13.6 Å². The van der Waals surface area contributed by atoms with E-state index in [-0.39, 0.29) is 5.56 Å². The first-order valence-corrected chi connectivity index (χ1v) is 7.26. The second kappa shape index (κ2) is 6.57. The van der Waals surface area contributed by atoms with Crippen LogP contribution in [0.1, 0.15) is 28.9 Å². The molecule has 0 aliphatic rings. The Kier molecular flexibility index (Phi) is 4.33. The molecule has 0 radical (unpaired) electrons. The van der Waals surface area contributed by atoms with Gasteiger partial charge in [0.05, 0.1) is 11.6 Å². The standard InChI is InChI=1S/C17H14F2N4O/c1-11(14-5-4-13(18)9-15(14)19)22-17(24)12-3-6-16(20-10-12)23-8-2-7-21-23/h2-11H,1H3,(H,22,24)/t11-/m0/s1. The van der Waals surface area contributed by atoms with Crippen LogP contribution in [-0.2, 0) is 0 Å². The van der Waals surface area contributed by atoms with E-state index in [4.69, 9.17) is 0 Å². The van der Waals surface area contributed by atoms with Crippen LogP contribution in [0.3, 0.4) is 0 Å². The number of benzene rings is 1. The first kappa shape index (κ1) is 15.8. The highest BCUT2D eigenvalue weighted by molar-refractivity contribution is 5.94. The molecule has 0 unspecified atom stereocenters. The molecule has 2 heterocycles. The smallest absolute Gasteiger partial charge is 0.253 e. The predicted molar refractivity (Wildman–Crippen MR) is 83.6 cm³/mol. The van der Waals surface area contributed by atoms with E-state index in [0.717, 1.165) is 12.1 Å². The van der Waals surface area contributed by atoms with Gasteiger partial charge in [0.1, 0.15) is 11.6 Å². The lowest BCUT2D eigenvalue weighted by molar-refractivity contribution is 0.0939. The largest absolute Gasteiger partial charge is 0.345 e. The van der Waals surface area contributed by atoms with Crippen molar-refractivity contribution in [3.8, 4) is 5.82 Å². The summed E-state index contributed by atoms with van der Waals surface area (Å²) in [6.07, 6.45) is 4.78. The van der Waals surface area contributed by atoms with E-state index in [9.17, 15) is 13.6 Å². The summed E-state index contributed by atoms with van der Waals surface area (Å²) < 4.78 is 28.3. The Bertz CT molecular complexity index is 848. The second-order valence-electron chi connectivity index (χ2n) is 5.22. The molecule has 24 heavy (non-hydrogen) atoms. The summed E-state index contributed by atoms with van der Waals surface area (Å²) in [5.41, 5.74) is 0.547. The summed E-state index contributed by atoms with van der Waals surface area (Å²) in [5, 5.41) is 6.71. The van der Waals surface area contributed by atoms with Crippen molar-refractivity contribution in [3.63, 3.8) is 0 Å². The quantitative estimate of drug-likeness (QED) is 0.801. The molecule has 0 fully saturated rings. The molecular weight excluding hydrogens is 314 g/mol. The van der Waals surface area contributed by atoms with Crippen molar-refractivity contribution >= 4 is 5.91 Å². The number of hydrogen-bond acceptors (Lipinski definition) is 3. The van der Waals surface area contributed by atoms with Crippen molar-refractivity contribution in [1.29, 1.82) is 0 Å². The zero-order chi connectivity index (χ0) is 17.1. The molecular formula is C17H14F2N4O. The molecule has 5 nitrogen and oxygen atoms in total. The summed E-state index contributed by atoms with van der Waals surface area (Å²) in [6.45, 7) is 1.62. The summed E-state index contributed by atoms with van der Waals surface area (Å²) in [6, 6.07) is 7.68. The minimum absolute atomic E-state index is 0.214. The van der Waals surface area contributed by atoms with Gasteiger partial charge in [-0.05, 0) is 31.2 Å². The molecule has 0 bridgehead atoms. The molecule has 1 amide bonds. The van der Waals surface area contributed by atoms with Crippen LogP contribution >= 0.6 is 0 Å². The highest BCUT2D eigenvalue weighted by Crippen LogP contribution is 2.18. The first-order valence-electron chi connectivity index (χ1n) is 7.26. The molecule has 7 heteroatoms. The van der Waals surface area contributed by atoms with Crippen LogP contribution in [0.5, 0.6) is 0 Å². The van der Waals surface area contributed by atoms with E-state index < -0.39 is 23.6 Å². The molecule has 0 aliphatic heterocycles. The first-order chi connectivity index (χ1) is 11.5. The van der Waals surface area contributed by atoms with E-state index >= 15 is 0 Å². The molecule has 0 saturated carbocycles. The zero-order valence-electron chi connectivity index (χ0n) is 12.8. The van der Waals surface area contributed by atoms with Gasteiger partial charge in [0.2, 0.25) is 0 Å². The van der Waals surface area contributed by atoms with Crippen LogP contribution in [0, 0.1) is 11.6 Å². The highest BCUT2D eigenvalue weighted by Gasteiger charge is 2.15. The van der Waals surface area contributed by atoms with Crippen molar-refractivity contribution in [2.45, 2.75) is 13.0 Å². The van der Waals surface area contributed by atoms with Crippen LogP contribution < -0.4 is 5.32 Å². The Morgan fingerprint density at radius 1 is 1.25 bits per heavy atom. The average molecular weight is 328 g/mol. The third-order valence-electron chi connectivity index (χ3n) is 3.53. The number of nitrogens with one attached hydrogen (secondary N) is 1. The number of hydrogen-bond donors (Lipinski definition) is 1. The lowest BCUT2D eigenvalue weighted by Crippen LogP contribution is -2.27. The molecule has 0 spiro atoms. The number of carbonyl (C=O) groups excluding carboxylic acids is 1. The van der Waals surface area contributed by atoms with Crippen molar-refractivity contribution in [3.05, 3.63) is 77.8 Å². The molecule has 0 saturated heterocycles. The molecule has 2 aromatic heterocycles. The van der Waals surface area contributed by atoms with Crippen molar-refractivity contribution in [2.24, 2.45) is 0 Å². The van der Waals surface area contributed by atoms with Crippen LogP contribution in [0.15, 0.2) is 55.0 Å². The summed E-state index contributed by atoms with van der Waals surface area (Å²) >= 11 is 0. The SMILES string of the molecule is C[C@H](NC(=O)c1ccc(-n2cccn2)nc1)c1ccc(F)cc1F. The van der Waals surface area contributed by atoms with E-state index in [1.54, 1.807) is 42.2 Å². The van der Waals surface area contributed by atoms with Gasteiger partial charge in [-0.3, -0.25) is 4.79 Å². The van der Waals surface area contributed by atoms with Crippen LogP contribution in [-0.4, -0.2) is 20.7 Å². The normalized spacial score (nSPS) is 12.0. The lowest BCUT2D eigenvalue weighted by atomic mass is 10.1. The van der Waals surface area contributed by atoms with Crippen molar-refractivity contribution in [2.75, 3.05) is 0 Å². The topological polar surface area (TPSA) is 59.8 Å². The van der Waals surface area contributed by atoms with Gasteiger partial charge in [-0.2, -0.15) is 5.10 Å². The number of amides is 1. The Morgan fingerprint density at radius 2 is 2.08 bits per heavy atom. The van der Waals surface area contributed by atoms with Gasteiger partial charge >= 0.3 is 0 Å². The van der Waals surface area contributed by atoms with Gasteiger partial charge in [0.15, 0.2) is 5.82 Å². The average Bonchev–Trinajstić information content (AvgIpc) is 3.09. The predicted octanol–water partition coefficient (Wildman–Crippen LogP) is 3.04. The van der Waals surface area contributed by atoms with Gasteiger partial charge in [0, 0.05) is 30.2 Å². The Morgan fingerprint density at radius 3 is 2.71 bits per heavy atom. The van der Waals surface area contributed by atoms with Gasteiger partial charge in [-0.25, -0.2) is 18.4 Å². The third-order valence-corrected chi connectivity index (χ3v) is 3.53. The van der Waals surface area contributed by atoms with Gasteiger partial charge in [-0.1, -0.05) is 6.07 Å². The van der Waals surface area contributed by atoms with E-state index in [2.05, 4.69) is 15.4 Å². The molecule has 1 N–H and O–H groups in total. The van der Waals surface area contributed by atoms with E-state index in [0.29, 0.717) is 11.4 Å². The van der Waals surface area contributed by atoms with E-state index in [1.807, 2.05) is 0 Å². The lowest BCUT2D eigenvalue weighted by Gasteiger charge is -2.15. The maximum Gasteiger partial charge on any atom is 0.253 e. The summed E-state index contributed by atoms with van der Waals surface area (Å²) in [5.74, 6) is -1.18. The second-order valence-corrected chi connectivity index (χ2v) is 5.22. The van der Waals surface area contributed by atoms with Crippen LogP contribution in [0.2, 0.25) is 0 Å². The highest BCUT2D eigenvalue weighted by atomic mass is 19.1. The van der Waals surface area contributed by atoms with Crippen molar-refractivity contribution in [1.82, 2.24) is 20.1 Å². The molecule has 3 rings (SSSR count). The Labute approximate surface area is 137 Å². The molecule has 1 atom stereocenters. The third kappa shape index (κ3) is 3.29. The summed E-state index contributed by atoms with van der Waals surface area (Å²) in [7, 11) is 0. The molecule has 122 valence electrons. The fraction of sp³-hybridized carbons (Fsp3) is 0.118. The van der Waals surface area contributed by atoms with E-state index in [1.165, 1.54) is 12.3 Å². The monoisotopic (exact) mass is 328 g/mol. The summed E-state index contributed by atoms with van der Waals surface area (Å²) in [4.78, 5) is 16.4. The minimum atomic E-state index is -0.699. The number of rotatable bonds is 4. The number of aromatic nitrogens is 3. The Hall–Kier alpha value is -3.09. The molecule has 1 aromatic carbocycles. The Balaban J connectivity index is 1.72. The maximum atomic E-state index is 13.8. The fourth-order valence-electron chi connectivity index (χ4n) is 2.27. The molecule has 3 aromatic rings. The number of carbonyl (C=O) groups is 1.